The summed E-state index contributed by atoms with van der Waals surface area (Å²) >= 11 is 0. The average molecular weight is 506 g/mol. The fourth-order valence-corrected chi connectivity index (χ4v) is 6.68. The molecule has 3 fully saturated rings. The number of aromatic nitrogens is 1. The van der Waals surface area contributed by atoms with Gasteiger partial charge in [-0.1, -0.05) is 6.08 Å². The molecule has 196 valence electrons. The predicted octanol–water partition coefficient (Wildman–Crippen LogP) is 4.91. The molecule has 5 atom stereocenters. The molecule has 2 aromatic carbocycles. The summed E-state index contributed by atoms with van der Waals surface area (Å²) in [4.78, 5) is 4.53. The molecule has 3 saturated heterocycles. The Morgan fingerprint density at radius 2 is 1.78 bits per heavy atom. The van der Waals surface area contributed by atoms with Crippen LogP contribution in [0.1, 0.15) is 30.1 Å². The first kappa shape index (κ1) is 25.4. The number of hydrogen-bond acceptors (Lipinski definition) is 6. The first-order valence-electron chi connectivity index (χ1n) is 12.8. The van der Waals surface area contributed by atoms with Crippen LogP contribution in [0.2, 0.25) is 0 Å². The van der Waals surface area contributed by atoms with Crippen LogP contribution < -0.4 is 18.9 Å². The quantitative estimate of drug-likeness (QED) is 0.329. The maximum Gasteiger partial charge on any atom is 0.164 e. The summed E-state index contributed by atoms with van der Waals surface area (Å²) in [6.07, 6.45) is 5.29. The molecule has 3 aromatic rings. The lowest BCUT2D eigenvalue weighted by atomic mass is 9.71. The van der Waals surface area contributed by atoms with Gasteiger partial charge in [-0.05, 0) is 41.8 Å². The Bertz CT molecular complexity index is 1290. The van der Waals surface area contributed by atoms with Crippen molar-refractivity contribution in [3.05, 3.63) is 66.4 Å². The Kier molecular flexibility index (Phi) is 7.01. The van der Waals surface area contributed by atoms with E-state index in [1.165, 1.54) is 0 Å². The number of pyridine rings is 1. The van der Waals surface area contributed by atoms with Crippen molar-refractivity contribution in [3.63, 3.8) is 0 Å². The molecular weight excluding hydrogens is 468 g/mol. The second-order valence-corrected chi connectivity index (χ2v) is 10.3. The normalized spacial score (nSPS) is 25.5. The van der Waals surface area contributed by atoms with E-state index in [0.717, 1.165) is 63.9 Å². The fourth-order valence-electron chi connectivity index (χ4n) is 6.68. The Balaban J connectivity index is 1.59. The van der Waals surface area contributed by atoms with Crippen molar-refractivity contribution >= 4 is 10.9 Å². The molecule has 2 bridgehead atoms. The summed E-state index contributed by atoms with van der Waals surface area (Å²) in [7, 11) is 6.62. The molecule has 0 aliphatic carbocycles. The van der Waals surface area contributed by atoms with Gasteiger partial charge in [-0.15, -0.1) is 6.58 Å². The van der Waals surface area contributed by atoms with Gasteiger partial charge in [0, 0.05) is 36.4 Å². The number of aliphatic hydroxyl groups excluding tert-OH is 1. The van der Waals surface area contributed by atoms with E-state index in [-0.39, 0.29) is 6.04 Å². The van der Waals surface area contributed by atoms with Crippen molar-refractivity contribution in [2.45, 2.75) is 31.5 Å². The van der Waals surface area contributed by atoms with Gasteiger partial charge in [0.2, 0.25) is 0 Å². The zero-order valence-electron chi connectivity index (χ0n) is 22.1. The lowest BCUT2D eigenvalue weighted by molar-refractivity contribution is -0.984. The van der Waals surface area contributed by atoms with Crippen molar-refractivity contribution in [3.8, 4) is 23.0 Å². The van der Waals surface area contributed by atoms with E-state index in [2.05, 4.69) is 17.6 Å². The van der Waals surface area contributed by atoms with Gasteiger partial charge in [-0.25, -0.2) is 0 Å². The van der Waals surface area contributed by atoms with Gasteiger partial charge in [0.1, 0.15) is 30.2 Å². The van der Waals surface area contributed by atoms with Crippen LogP contribution in [0.15, 0.2) is 55.3 Å². The lowest BCUT2D eigenvalue weighted by Crippen LogP contribution is -2.67. The van der Waals surface area contributed by atoms with Crippen LogP contribution >= 0.6 is 0 Å². The van der Waals surface area contributed by atoms with Crippen LogP contribution in [-0.2, 0) is 6.54 Å². The molecule has 7 heteroatoms. The molecule has 2 unspecified atom stereocenters. The maximum atomic E-state index is 12.1. The largest absolute Gasteiger partial charge is 0.497 e. The van der Waals surface area contributed by atoms with Gasteiger partial charge >= 0.3 is 0 Å². The number of nitrogens with zero attached hydrogens (tertiary/aromatic N) is 2. The zero-order valence-corrected chi connectivity index (χ0v) is 22.1. The predicted molar refractivity (Wildman–Crippen MR) is 143 cm³/mol. The topological polar surface area (TPSA) is 70.0 Å². The Hall–Kier alpha value is -3.29. The number of fused-ring (bicyclic) bond motifs is 4. The van der Waals surface area contributed by atoms with E-state index in [1.54, 1.807) is 34.6 Å². The number of hydrogen-bond donors (Lipinski definition) is 1. The molecule has 3 aliphatic rings. The molecule has 4 heterocycles. The first-order valence-corrected chi connectivity index (χ1v) is 12.8. The Labute approximate surface area is 218 Å². The average Bonchev–Trinajstić information content (AvgIpc) is 2.95. The second-order valence-electron chi connectivity index (χ2n) is 10.3. The number of aliphatic hydroxyl groups is 1. The third-order valence-electron chi connectivity index (χ3n) is 8.61. The third kappa shape index (κ3) is 4.40. The van der Waals surface area contributed by atoms with E-state index in [4.69, 9.17) is 18.9 Å². The minimum Gasteiger partial charge on any atom is -0.497 e. The highest BCUT2D eigenvalue weighted by molar-refractivity contribution is 5.83. The van der Waals surface area contributed by atoms with Crippen molar-refractivity contribution < 1.29 is 28.5 Å². The van der Waals surface area contributed by atoms with Gasteiger partial charge in [0.25, 0.3) is 0 Å². The lowest BCUT2D eigenvalue weighted by Gasteiger charge is -2.58. The van der Waals surface area contributed by atoms with E-state index >= 15 is 0 Å². The zero-order chi connectivity index (χ0) is 26.2. The molecule has 6 rings (SSSR count). The van der Waals surface area contributed by atoms with Crippen molar-refractivity contribution in [1.82, 2.24) is 4.98 Å². The highest BCUT2D eigenvalue weighted by atomic mass is 16.5. The minimum atomic E-state index is -0.655. The van der Waals surface area contributed by atoms with Crippen LogP contribution in [0.25, 0.3) is 10.9 Å². The summed E-state index contributed by atoms with van der Waals surface area (Å²) in [5.41, 5.74) is 2.79. The monoisotopic (exact) mass is 505 g/mol. The molecule has 7 nitrogen and oxygen atoms in total. The summed E-state index contributed by atoms with van der Waals surface area (Å²) in [5, 5.41) is 13.0. The number of benzene rings is 2. The molecule has 0 saturated carbocycles. The Morgan fingerprint density at radius 3 is 2.49 bits per heavy atom. The number of methoxy groups -OCH3 is 4. The molecule has 1 N–H and O–H groups in total. The molecule has 1 aromatic heterocycles. The van der Waals surface area contributed by atoms with Crippen LogP contribution in [0.3, 0.4) is 0 Å². The van der Waals surface area contributed by atoms with Crippen LogP contribution in [-0.4, -0.2) is 62.1 Å². The van der Waals surface area contributed by atoms with Crippen molar-refractivity contribution in [1.29, 1.82) is 0 Å². The summed E-state index contributed by atoms with van der Waals surface area (Å²) in [6, 6.07) is 11.7. The minimum absolute atomic E-state index is 0.0181. The van der Waals surface area contributed by atoms with Crippen LogP contribution in [0.5, 0.6) is 23.0 Å². The summed E-state index contributed by atoms with van der Waals surface area (Å²) in [5.74, 6) is 3.77. The smallest absolute Gasteiger partial charge is 0.164 e. The van der Waals surface area contributed by atoms with Crippen LogP contribution in [0, 0.1) is 11.8 Å². The van der Waals surface area contributed by atoms with Gasteiger partial charge in [-0.3, -0.25) is 4.98 Å². The number of quaternary nitrogens is 1. The van der Waals surface area contributed by atoms with Crippen LogP contribution in [0.4, 0.5) is 0 Å². The highest BCUT2D eigenvalue weighted by Gasteiger charge is 2.54. The SMILES string of the molecule is C=C[C@H]1C[N+]2(Cc3cc(OC)c(OC)cc3OC)CCC1C[C@H]2[C@H](O)c1ccnc2ccc(OC)cc12. The number of ether oxygens (including phenoxy) is 4. The second kappa shape index (κ2) is 10.2. The van der Waals surface area contributed by atoms with Gasteiger partial charge < -0.3 is 28.5 Å². The van der Waals surface area contributed by atoms with Gasteiger partial charge in [0.15, 0.2) is 11.5 Å². The maximum absolute atomic E-state index is 12.1. The Morgan fingerprint density at radius 1 is 1.03 bits per heavy atom. The van der Waals surface area contributed by atoms with E-state index in [9.17, 15) is 5.11 Å². The molecule has 0 radical (unpaired) electrons. The summed E-state index contributed by atoms with van der Waals surface area (Å²) in [6.45, 7) is 6.79. The van der Waals surface area contributed by atoms with Gasteiger partial charge in [0.05, 0.1) is 52.6 Å². The van der Waals surface area contributed by atoms with E-state index in [0.29, 0.717) is 29.9 Å². The molecule has 3 aliphatic heterocycles. The summed E-state index contributed by atoms with van der Waals surface area (Å²) < 4.78 is 23.2. The molecule has 37 heavy (non-hydrogen) atoms. The first-order chi connectivity index (χ1) is 18.0. The van der Waals surface area contributed by atoms with E-state index in [1.807, 2.05) is 36.4 Å². The molecular formula is C30H37N2O5+. The number of rotatable bonds is 9. The highest BCUT2D eigenvalue weighted by Crippen LogP contribution is 2.49. The van der Waals surface area contributed by atoms with E-state index < -0.39 is 6.10 Å². The van der Waals surface area contributed by atoms with Crippen molar-refractivity contribution in [2.24, 2.45) is 11.8 Å². The molecule has 0 spiro atoms. The third-order valence-corrected chi connectivity index (χ3v) is 8.61. The fraction of sp³-hybridized carbons (Fsp3) is 0.433. The van der Waals surface area contributed by atoms with Crippen molar-refractivity contribution in [2.75, 3.05) is 41.5 Å². The van der Waals surface area contributed by atoms with Gasteiger partial charge in [-0.2, -0.15) is 0 Å². The molecule has 0 amide bonds. The number of piperidine rings is 3. The standard InChI is InChI=1S/C30H37N2O5/c1-6-19-17-32(18-21-14-28(36-4)29(37-5)16-27(21)35-3)12-10-20(19)13-26(32)30(33)23-9-11-31-25-8-7-22(34-2)15-24(23)25/h6-9,11,14-16,19-20,26,30,33H,1,10,12-13,17-18H2,2-5H3/q+1/t19-,20?,26-,30+,32?/m0/s1.